The average molecular weight is 333 g/mol. The van der Waals surface area contributed by atoms with Gasteiger partial charge < -0.3 is 15.0 Å². The van der Waals surface area contributed by atoms with E-state index in [-0.39, 0.29) is 11.9 Å². The second-order valence-electron chi connectivity index (χ2n) is 7.92. The topological polar surface area (TPSA) is 54.5 Å². The third kappa shape index (κ3) is 4.69. The molecule has 1 aromatic heterocycles. The van der Waals surface area contributed by atoms with E-state index < -0.39 is 5.41 Å². The van der Waals surface area contributed by atoms with Crippen LogP contribution in [0.5, 0.6) is 5.88 Å². The number of aromatic nitrogens is 1. The van der Waals surface area contributed by atoms with E-state index in [1.807, 2.05) is 33.8 Å². The van der Waals surface area contributed by atoms with Crippen molar-refractivity contribution in [1.29, 1.82) is 0 Å². The molecule has 1 fully saturated rings. The Balaban J connectivity index is 1.92. The standard InChI is InChI=1S/C19H31N3O2/c1-13-9-14(2)17(20-10-13)24-12-19(4,5)18(23)21-16-7-8-22(6)11-15(16)3/h9-10,15-16H,7-8,11-12H2,1-6H3,(H,21,23)/t15-,16-/m1/s1. The van der Waals surface area contributed by atoms with Crippen molar-refractivity contribution in [2.45, 2.75) is 47.1 Å². The number of carbonyl (C=O) groups excluding carboxylic acids is 1. The number of pyridine rings is 1. The minimum absolute atomic E-state index is 0.0497. The zero-order valence-electron chi connectivity index (χ0n) is 15.8. The number of likely N-dealkylation sites (tertiary alicyclic amines) is 1. The Labute approximate surface area is 145 Å². The molecular weight excluding hydrogens is 302 g/mol. The molecule has 0 bridgehead atoms. The number of hydrogen-bond acceptors (Lipinski definition) is 4. The molecule has 1 aliphatic heterocycles. The van der Waals surface area contributed by atoms with Gasteiger partial charge in [-0.25, -0.2) is 4.98 Å². The molecule has 0 radical (unpaired) electrons. The van der Waals surface area contributed by atoms with Gasteiger partial charge in [-0.3, -0.25) is 4.79 Å². The monoisotopic (exact) mass is 333 g/mol. The molecule has 1 aromatic rings. The highest BCUT2D eigenvalue weighted by molar-refractivity contribution is 5.82. The van der Waals surface area contributed by atoms with Crippen LogP contribution in [0.25, 0.3) is 0 Å². The van der Waals surface area contributed by atoms with Gasteiger partial charge in [0, 0.05) is 24.3 Å². The largest absolute Gasteiger partial charge is 0.476 e. The highest BCUT2D eigenvalue weighted by Crippen LogP contribution is 2.22. The van der Waals surface area contributed by atoms with Crippen LogP contribution in [0.15, 0.2) is 12.3 Å². The van der Waals surface area contributed by atoms with Crippen molar-refractivity contribution < 1.29 is 9.53 Å². The summed E-state index contributed by atoms with van der Waals surface area (Å²) < 4.78 is 5.83. The molecule has 24 heavy (non-hydrogen) atoms. The molecule has 2 heterocycles. The molecule has 1 N–H and O–H groups in total. The fourth-order valence-corrected chi connectivity index (χ4v) is 3.10. The average Bonchev–Trinajstić information content (AvgIpc) is 2.49. The molecule has 1 aliphatic rings. The summed E-state index contributed by atoms with van der Waals surface area (Å²) in [6.45, 7) is 12.4. The first-order chi connectivity index (χ1) is 11.2. The summed E-state index contributed by atoms with van der Waals surface area (Å²) in [6.07, 6.45) is 2.79. The van der Waals surface area contributed by atoms with Crippen molar-refractivity contribution in [2.24, 2.45) is 11.3 Å². The maximum Gasteiger partial charge on any atom is 0.229 e. The number of carbonyl (C=O) groups is 1. The minimum Gasteiger partial charge on any atom is -0.476 e. The Bertz CT molecular complexity index is 586. The summed E-state index contributed by atoms with van der Waals surface area (Å²) in [7, 11) is 2.13. The number of nitrogens with zero attached hydrogens (tertiary/aromatic N) is 2. The Morgan fingerprint density at radius 3 is 2.79 bits per heavy atom. The van der Waals surface area contributed by atoms with E-state index in [9.17, 15) is 4.79 Å². The first kappa shape index (κ1) is 18.7. The van der Waals surface area contributed by atoms with E-state index in [4.69, 9.17) is 4.74 Å². The van der Waals surface area contributed by atoms with E-state index in [1.165, 1.54) is 0 Å². The van der Waals surface area contributed by atoms with Crippen LogP contribution in [0.4, 0.5) is 0 Å². The smallest absolute Gasteiger partial charge is 0.229 e. The molecule has 1 saturated heterocycles. The van der Waals surface area contributed by atoms with E-state index in [2.05, 4.69) is 29.2 Å². The lowest BCUT2D eigenvalue weighted by Gasteiger charge is -2.37. The van der Waals surface area contributed by atoms with Crippen LogP contribution in [0, 0.1) is 25.2 Å². The summed E-state index contributed by atoms with van der Waals surface area (Å²) in [5.74, 6) is 1.12. The number of nitrogens with one attached hydrogen (secondary N) is 1. The summed E-state index contributed by atoms with van der Waals surface area (Å²) >= 11 is 0. The van der Waals surface area contributed by atoms with Crippen molar-refractivity contribution in [2.75, 3.05) is 26.7 Å². The Kier molecular flexibility index (Phi) is 5.86. The van der Waals surface area contributed by atoms with Crippen LogP contribution in [-0.4, -0.2) is 48.6 Å². The molecule has 0 unspecified atom stereocenters. The maximum absolute atomic E-state index is 12.7. The lowest BCUT2D eigenvalue weighted by Crippen LogP contribution is -2.52. The number of piperidine rings is 1. The molecule has 0 saturated carbocycles. The van der Waals surface area contributed by atoms with Crippen molar-refractivity contribution in [3.8, 4) is 5.88 Å². The molecule has 0 spiro atoms. The number of amides is 1. The molecule has 0 aromatic carbocycles. The Morgan fingerprint density at radius 2 is 2.17 bits per heavy atom. The van der Waals surface area contributed by atoms with Crippen LogP contribution in [0.3, 0.4) is 0 Å². The van der Waals surface area contributed by atoms with Gasteiger partial charge in [0.15, 0.2) is 0 Å². The number of hydrogen-bond donors (Lipinski definition) is 1. The van der Waals surface area contributed by atoms with Crippen LogP contribution < -0.4 is 10.1 Å². The first-order valence-corrected chi connectivity index (χ1v) is 8.74. The summed E-state index contributed by atoms with van der Waals surface area (Å²) in [5.41, 5.74) is 1.51. The summed E-state index contributed by atoms with van der Waals surface area (Å²) in [6, 6.07) is 2.28. The minimum atomic E-state index is -0.595. The van der Waals surface area contributed by atoms with Gasteiger partial charge >= 0.3 is 0 Å². The molecule has 5 heteroatoms. The van der Waals surface area contributed by atoms with Gasteiger partial charge in [0.1, 0.15) is 6.61 Å². The summed E-state index contributed by atoms with van der Waals surface area (Å²) in [4.78, 5) is 19.3. The summed E-state index contributed by atoms with van der Waals surface area (Å²) in [5, 5.41) is 3.22. The van der Waals surface area contributed by atoms with E-state index >= 15 is 0 Å². The third-order valence-corrected chi connectivity index (χ3v) is 4.78. The number of aryl methyl sites for hydroxylation is 2. The lowest BCUT2D eigenvalue weighted by molar-refractivity contribution is -0.132. The maximum atomic E-state index is 12.7. The Hall–Kier alpha value is -1.62. The zero-order valence-corrected chi connectivity index (χ0v) is 15.8. The molecule has 5 nitrogen and oxygen atoms in total. The fourth-order valence-electron chi connectivity index (χ4n) is 3.10. The van der Waals surface area contributed by atoms with E-state index in [1.54, 1.807) is 6.20 Å². The van der Waals surface area contributed by atoms with Gasteiger partial charge in [0.05, 0.1) is 5.41 Å². The molecule has 0 aliphatic carbocycles. The molecule has 134 valence electrons. The normalized spacial score (nSPS) is 22.2. The van der Waals surface area contributed by atoms with Gasteiger partial charge in [-0.05, 0) is 65.3 Å². The second-order valence-corrected chi connectivity index (χ2v) is 7.92. The third-order valence-electron chi connectivity index (χ3n) is 4.78. The lowest BCUT2D eigenvalue weighted by atomic mass is 9.89. The van der Waals surface area contributed by atoms with Crippen molar-refractivity contribution in [3.05, 3.63) is 23.4 Å². The van der Waals surface area contributed by atoms with Crippen LogP contribution in [0.2, 0.25) is 0 Å². The van der Waals surface area contributed by atoms with Crippen LogP contribution >= 0.6 is 0 Å². The van der Waals surface area contributed by atoms with Crippen molar-refractivity contribution in [3.63, 3.8) is 0 Å². The quantitative estimate of drug-likeness (QED) is 0.900. The van der Waals surface area contributed by atoms with Gasteiger partial charge in [-0.2, -0.15) is 0 Å². The SMILES string of the molecule is Cc1cnc(OCC(C)(C)C(=O)N[C@@H]2CCN(C)C[C@H]2C)c(C)c1. The van der Waals surface area contributed by atoms with Gasteiger partial charge in [-0.15, -0.1) is 0 Å². The van der Waals surface area contributed by atoms with Crippen LogP contribution in [-0.2, 0) is 4.79 Å². The second kappa shape index (κ2) is 7.51. The number of ether oxygens (including phenoxy) is 1. The fraction of sp³-hybridized carbons (Fsp3) is 0.684. The predicted octanol–water partition coefficient (Wildman–Crippen LogP) is 2.56. The van der Waals surface area contributed by atoms with Gasteiger partial charge in [0.25, 0.3) is 0 Å². The Morgan fingerprint density at radius 1 is 1.46 bits per heavy atom. The highest BCUT2D eigenvalue weighted by atomic mass is 16.5. The van der Waals surface area contributed by atoms with Gasteiger partial charge in [-0.1, -0.05) is 6.92 Å². The molecule has 2 atom stereocenters. The van der Waals surface area contributed by atoms with Gasteiger partial charge in [0.2, 0.25) is 11.8 Å². The zero-order chi connectivity index (χ0) is 17.9. The predicted molar refractivity (Wildman–Crippen MR) is 96.2 cm³/mol. The molecule has 1 amide bonds. The van der Waals surface area contributed by atoms with E-state index in [0.717, 1.165) is 30.6 Å². The first-order valence-electron chi connectivity index (χ1n) is 8.74. The van der Waals surface area contributed by atoms with E-state index in [0.29, 0.717) is 18.4 Å². The van der Waals surface area contributed by atoms with Crippen molar-refractivity contribution >= 4 is 5.91 Å². The van der Waals surface area contributed by atoms with Crippen molar-refractivity contribution in [1.82, 2.24) is 15.2 Å². The molecular formula is C19H31N3O2. The number of rotatable bonds is 5. The molecule has 2 rings (SSSR count). The van der Waals surface area contributed by atoms with Crippen LogP contribution in [0.1, 0.15) is 38.3 Å². The highest BCUT2D eigenvalue weighted by Gasteiger charge is 2.33.